The van der Waals surface area contributed by atoms with Gasteiger partial charge < -0.3 is 9.64 Å². The van der Waals surface area contributed by atoms with Crippen LogP contribution in [0.5, 0.6) is 5.75 Å². The second kappa shape index (κ2) is 7.11. The number of anilines is 1. The third kappa shape index (κ3) is 3.98. The average molecular weight is 326 g/mol. The summed E-state index contributed by atoms with van der Waals surface area (Å²) < 4.78 is 31.7. The van der Waals surface area contributed by atoms with E-state index < -0.39 is 16.1 Å². The van der Waals surface area contributed by atoms with Crippen molar-refractivity contribution >= 4 is 21.6 Å². The summed E-state index contributed by atoms with van der Waals surface area (Å²) in [6.45, 7) is 2.13. The number of sulfonamides is 1. The van der Waals surface area contributed by atoms with Crippen LogP contribution in [0.2, 0.25) is 0 Å². The highest BCUT2D eigenvalue weighted by atomic mass is 32.2. The monoisotopic (exact) mass is 326 g/mol. The van der Waals surface area contributed by atoms with Gasteiger partial charge in [-0.1, -0.05) is 25.5 Å². The number of nitrogens with one attached hydrogen (secondary N) is 1. The van der Waals surface area contributed by atoms with Crippen molar-refractivity contribution in [1.29, 1.82) is 0 Å². The van der Waals surface area contributed by atoms with Gasteiger partial charge in [0.2, 0.25) is 10.0 Å². The Kier molecular flexibility index (Phi) is 5.42. The molecule has 1 unspecified atom stereocenters. The number of carbonyl (C=O) groups excluding carboxylic acids is 1. The van der Waals surface area contributed by atoms with E-state index in [1.54, 1.807) is 18.0 Å². The first-order chi connectivity index (χ1) is 10.4. The zero-order valence-corrected chi connectivity index (χ0v) is 13.7. The van der Waals surface area contributed by atoms with Gasteiger partial charge in [-0.05, 0) is 18.6 Å². The lowest BCUT2D eigenvalue weighted by atomic mass is 10.1. The van der Waals surface area contributed by atoms with Crippen LogP contribution >= 0.6 is 0 Å². The van der Waals surface area contributed by atoms with Gasteiger partial charge in [0.15, 0.2) is 6.10 Å². The van der Waals surface area contributed by atoms with E-state index in [0.29, 0.717) is 18.6 Å². The molecule has 0 fully saturated rings. The number of hydrogen-bond acceptors (Lipinski definition) is 4. The van der Waals surface area contributed by atoms with Gasteiger partial charge in [0.05, 0.1) is 11.4 Å². The number of hydrogen-bond donors (Lipinski definition) is 1. The number of carbonyl (C=O) groups is 1. The number of likely N-dealkylation sites (N-methyl/N-ethyl adjacent to an activating group) is 1. The molecule has 6 nitrogen and oxygen atoms in total. The maximum atomic E-state index is 12.2. The molecule has 22 heavy (non-hydrogen) atoms. The van der Waals surface area contributed by atoms with Gasteiger partial charge in [-0.2, -0.15) is 0 Å². The third-order valence-corrected chi connectivity index (χ3v) is 5.07. The molecule has 0 spiro atoms. The predicted octanol–water partition coefficient (Wildman–Crippen LogP) is 1.52. The number of rotatable bonds is 7. The zero-order chi connectivity index (χ0) is 16.2. The highest BCUT2D eigenvalue weighted by Crippen LogP contribution is 2.33. The van der Waals surface area contributed by atoms with Gasteiger partial charge in [-0.15, -0.1) is 0 Å². The van der Waals surface area contributed by atoms with Crippen molar-refractivity contribution in [2.75, 3.05) is 24.2 Å². The van der Waals surface area contributed by atoms with Crippen molar-refractivity contribution in [3.05, 3.63) is 24.3 Å². The molecule has 122 valence electrons. The van der Waals surface area contributed by atoms with Crippen LogP contribution < -0.4 is 14.4 Å². The normalized spacial score (nSPS) is 18.0. The van der Waals surface area contributed by atoms with Crippen molar-refractivity contribution in [1.82, 2.24) is 4.72 Å². The molecular formula is C15H22N2O4S. The van der Waals surface area contributed by atoms with Gasteiger partial charge in [-0.25, -0.2) is 13.1 Å². The van der Waals surface area contributed by atoms with Crippen molar-refractivity contribution in [2.24, 2.45) is 0 Å². The maximum Gasteiger partial charge on any atom is 0.267 e. The van der Waals surface area contributed by atoms with Gasteiger partial charge in [0, 0.05) is 20.0 Å². The van der Waals surface area contributed by atoms with Gasteiger partial charge in [0.25, 0.3) is 5.91 Å². The summed E-state index contributed by atoms with van der Waals surface area (Å²) in [7, 11) is -1.57. The Morgan fingerprint density at radius 2 is 2.05 bits per heavy atom. The fraction of sp³-hybridized carbons (Fsp3) is 0.533. The second-order valence-corrected chi connectivity index (χ2v) is 7.25. The smallest absolute Gasteiger partial charge is 0.267 e. The van der Waals surface area contributed by atoms with E-state index in [9.17, 15) is 13.2 Å². The molecule has 1 atom stereocenters. The lowest BCUT2D eigenvalue weighted by Crippen LogP contribution is -2.45. The molecule has 0 aromatic heterocycles. The van der Waals surface area contributed by atoms with Crippen LogP contribution in [0.1, 0.15) is 26.2 Å². The summed E-state index contributed by atoms with van der Waals surface area (Å²) in [4.78, 5) is 13.8. The molecule has 1 amide bonds. The van der Waals surface area contributed by atoms with E-state index in [1.165, 1.54) is 0 Å². The SMILES string of the molecule is CCCCS(=O)(=O)NCCC1Oc2ccccc2N(C)C1=O. The second-order valence-electron chi connectivity index (χ2n) is 5.33. The first-order valence-corrected chi connectivity index (χ1v) is 9.10. The van der Waals surface area contributed by atoms with Crippen LogP contribution in [0, 0.1) is 0 Å². The third-order valence-electron chi connectivity index (χ3n) is 3.60. The van der Waals surface area contributed by atoms with Gasteiger partial charge in [0.1, 0.15) is 5.75 Å². The first kappa shape index (κ1) is 16.8. The molecule has 1 aliphatic rings. The summed E-state index contributed by atoms with van der Waals surface area (Å²) in [6.07, 6.45) is 1.11. The predicted molar refractivity (Wildman–Crippen MR) is 85.6 cm³/mol. The fourth-order valence-corrected chi connectivity index (χ4v) is 3.55. The summed E-state index contributed by atoms with van der Waals surface area (Å²) in [5.74, 6) is 0.598. The molecule has 0 radical (unpaired) electrons. The molecule has 1 heterocycles. The van der Waals surface area contributed by atoms with Crippen molar-refractivity contribution in [2.45, 2.75) is 32.3 Å². The van der Waals surface area contributed by atoms with Gasteiger partial charge >= 0.3 is 0 Å². The topological polar surface area (TPSA) is 75.7 Å². The first-order valence-electron chi connectivity index (χ1n) is 7.45. The Labute approximate surface area is 131 Å². The van der Waals surface area contributed by atoms with Crippen LogP contribution in [-0.4, -0.2) is 39.8 Å². The molecule has 2 rings (SSSR count). The summed E-state index contributed by atoms with van der Waals surface area (Å²) in [5, 5.41) is 0. The van der Waals surface area contributed by atoms with Crippen LogP contribution in [0.25, 0.3) is 0 Å². The molecule has 1 aliphatic heterocycles. The van der Waals surface area contributed by atoms with Crippen LogP contribution in [0.3, 0.4) is 0 Å². The van der Waals surface area contributed by atoms with Crippen molar-refractivity contribution < 1.29 is 17.9 Å². The van der Waals surface area contributed by atoms with Crippen molar-refractivity contribution in [3.63, 3.8) is 0 Å². The molecule has 0 aliphatic carbocycles. The Balaban J connectivity index is 1.93. The fourth-order valence-electron chi connectivity index (χ4n) is 2.31. The molecule has 0 saturated carbocycles. The largest absolute Gasteiger partial charge is 0.478 e. The highest BCUT2D eigenvalue weighted by molar-refractivity contribution is 7.89. The zero-order valence-electron chi connectivity index (χ0n) is 12.9. The Morgan fingerprint density at radius 3 is 2.77 bits per heavy atom. The van der Waals surface area contributed by atoms with Crippen LogP contribution in [0.15, 0.2) is 24.3 Å². The molecule has 1 aromatic carbocycles. The summed E-state index contributed by atoms with van der Waals surface area (Å²) in [6, 6.07) is 7.30. The number of amides is 1. The molecule has 0 bridgehead atoms. The van der Waals surface area contributed by atoms with E-state index in [1.807, 2.05) is 25.1 Å². The lowest BCUT2D eigenvalue weighted by molar-refractivity contribution is -0.126. The standard InChI is InChI=1S/C15H22N2O4S/c1-3-4-11-22(19,20)16-10-9-14-15(18)17(2)12-7-5-6-8-13(12)21-14/h5-8,14,16H,3-4,9-11H2,1-2H3. The number of para-hydroxylation sites is 2. The minimum atomic E-state index is -3.27. The lowest BCUT2D eigenvalue weighted by Gasteiger charge is -2.31. The maximum absolute atomic E-state index is 12.2. The van der Waals surface area contributed by atoms with E-state index in [4.69, 9.17) is 4.74 Å². The summed E-state index contributed by atoms with van der Waals surface area (Å²) in [5.41, 5.74) is 0.729. The number of unbranched alkanes of at least 4 members (excludes halogenated alkanes) is 1. The molecule has 7 heteroatoms. The quantitative estimate of drug-likeness (QED) is 0.824. The molecule has 1 N–H and O–H groups in total. The van der Waals surface area contributed by atoms with Crippen molar-refractivity contribution in [3.8, 4) is 5.75 Å². The molecular weight excluding hydrogens is 304 g/mol. The van der Waals surface area contributed by atoms with E-state index in [2.05, 4.69) is 4.72 Å². The minimum Gasteiger partial charge on any atom is -0.478 e. The van der Waals surface area contributed by atoms with E-state index >= 15 is 0 Å². The van der Waals surface area contributed by atoms with Gasteiger partial charge in [-0.3, -0.25) is 4.79 Å². The van der Waals surface area contributed by atoms with Crippen LogP contribution in [-0.2, 0) is 14.8 Å². The summed E-state index contributed by atoms with van der Waals surface area (Å²) >= 11 is 0. The number of fused-ring (bicyclic) bond motifs is 1. The number of benzene rings is 1. The highest BCUT2D eigenvalue weighted by Gasteiger charge is 2.31. The minimum absolute atomic E-state index is 0.117. The molecule has 0 saturated heterocycles. The van der Waals surface area contributed by atoms with E-state index in [0.717, 1.165) is 12.1 Å². The number of nitrogens with zero attached hydrogens (tertiary/aromatic N) is 1. The Hall–Kier alpha value is -1.60. The van der Waals surface area contributed by atoms with E-state index in [-0.39, 0.29) is 18.2 Å². The average Bonchev–Trinajstić information content (AvgIpc) is 2.50. The number of ether oxygens (including phenoxy) is 1. The Morgan fingerprint density at radius 1 is 1.32 bits per heavy atom. The van der Waals surface area contributed by atoms with Crippen LogP contribution in [0.4, 0.5) is 5.69 Å². The Bertz CT molecular complexity index is 630. The molecule has 1 aromatic rings.